The minimum Gasteiger partial charge on any atom is -0.497 e. The first kappa shape index (κ1) is 13.9. The number of pyridine rings is 1. The van der Waals surface area contributed by atoms with E-state index >= 15 is 0 Å². The Labute approximate surface area is 124 Å². The lowest BCUT2D eigenvalue weighted by molar-refractivity contribution is 0.0723. The predicted molar refractivity (Wildman–Crippen MR) is 82.8 cm³/mol. The zero-order valence-electron chi connectivity index (χ0n) is 12.6. The second kappa shape index (κ2) is 5.72. The molecule has 2 aromatic rings. The Bertz CT molecular complexity index is 676. The maximum Gasteiger partial charge on any atom is 0.255 e. The molecule has 110 valence electrons. The summed E-state index contributed by atoms with van der Waals surface area (Å²) in [4.78, 5) is 19.2. The number of likely N-dealkylation sites (tertiary alicyclic amines) is 1. The van der Waals surface area contributed by atoms with Crippen LogP contribution in [0.4, 0.5) is 0 Å². The van der Waals surface area contributed by atoms with Crippen LogP contribution in [0.5, 0.6) is 5.75 Å². The number of nitrogens with zero attached hydrogens (tertiary/aromatic N) is 2. The highest BCUT2D eigenvalue weighted by molar-refractivity contribution is 5.98. The topological polar surface area (TPSA) is 42.4 Å². The van der Waals surface area contributed by atoms with E-state index in [2.05, 4.69) is 4.98 Å². The van der Waals surface area contributed by atoms with Gasteiger partial charge in [0.05, 0.1) is 23.9 Å². The van der Waals surface area contributed by atoms with Gasteiger partial charge in [0, 0.05) is 18.5 Å². The Morgan fingerprint density at radius 1 is 1.19 bits per heavy atom. The number of carbonyl (C=O) groups is 1. The summed E-state index contributed by atoms with van der Waals surface area (Å²) < 4.78 is 5.25. The molecule has 0 bridgehead atoms. The molecular weight excluding hydrogens is 264 g/mol. The van der Waals surface area contributed by atoms with E-state index in [-0.39, 0.29) is 5.91 Å². The molecule has 1 aromatic carbocycles. The second-order valence-corrected chi connectivity index (χ2v) is 5.53. The normalized spacial score (nSPS) is 15.2. The zero-order valence-corrected chi connectivity index (χ0v) is 12.6. The predicted octanol–water partition coefficient (Wildman–Crippen LogP) is 3.18. The van der Waals surface area contributed by atoms with Gasteiger partial charge in [0.1, 0.15) is 5.75 Å². The lowest BCUT2D eigenvalue weighted by Crippen LogP contribution is -2.36. The maximum absolute atomic E-state index is 12.7. The molecule has 3 rings (SSSR count). The van der Waals surface area contributed by atoms with Gasteiger partial charge in [-0.15, -0.1) is 0 Å². The Balaban J connectivity index is 2.00. The van der Waals surface area contributed by atoms with Crippen molar-refractivity contribution in [2.45, 2.75) is 26.2 Å². The molecule has 1 fully saturated rings. The highest BCUT2D eigenvalue weighted by Gasteiger charge is 2.20. The van der Waals surface area contributed by atoms with Crippen molar-refractivity contribution in [2.75, 3.05) is 20.2 Å². The molecule has 1 aliphatic rings. The fourth-order valence-electron chi connectivity index (χ4n) is 2.86. The fraction of sp³-hybridized carbons (Fsp3) is 0.412. The van der Waals surface area contributed by atoms with Crippen molar-refractivity contribution in [1.82, 2.24) is 9.88 Å². The van der Waals surface area contributed by atoms with Gasteiger partial charge in [-0.1, -0.05) is 0 Å². The molecule has 0 atom stereocenters. The van der Waals surface area contributed by atoms with Gasteiger partial charge in [0.25, 0.3) is 5.91 Å². The summed E-state index contributed by atoms with van der Waals surface area (Å²) in [5, 5.41) is 0.945. The smallest absolute Gasteiger partial charge is 0.255 e. The van der Waals surface area contributed by atoms with Crippen LogP contribution >= 0.6 is 0 Å². The van der Waals surface area contributed by atoms with Gasteiger partial charge in [0.15, 0.2) is 0 Å². The van der Waals surface area contributed by atoms with Gasteiger partial charge < -0.3 is 9.64 Å². The van der Waals surface area contributed by atoms with E-state index in [1.54, 1.807) is 7.11 Å². The van der Waals surface area contributed by atoms with Crippen molar-refractivity contribution >= 4 is 16.8 Å². The summed E-state index contributed by atoms with van der Waals surface area (Å²) >= 11 is 0. The van der Waals surface area contributed by atoms with Crippen LogP contribution in [0.25, 0.3) is 10.9 Å². The van der Waals surface area contributed by atoms with Gasteiger partial charge >= 0.3 is 0 Å². The summed E-state index contributed by atoms with van der Waals surface area (Å²) in [6.07, 6.45) is 3.41. The minimum absolute atomic E-state index is 0.101. The van der Waals surface area contributed by atoms with E-state index in [1.807, 2.05) is 36.1 Å². The van der Waals surface area contributed by atoms with Crippen molar-refractivity contribution in [2.24, 2.45) is 0 Å². The van der Waals surface area contributed by atoms with Crippen molar-refractivity contribution in [3.63, 3.8) is 0 Å². The average molecular weight is 284 g/mol. The first-order valence-electron chi connectivity index (χ1n) is 7.44. The van der Waals surface area contributed by atoms with Gasteiger partial charge in [-0.25, -0.2) is 0 Å². The molecule has 2 heterocycles. The van der Waals surface area contributed by atoms with Crippen molar-refractivity contribution in [3.8, 4) is 5.75 Å². The number of rotatable bonds is 2. The molecule has 0 radical (unpaired) electrons. The number of ether oxygens (including phenoxy) is 1. The monoisotopic (exact) mass is 284 g/mol. The molecule has 1 saturated heterocycles. The van der Waals surface area contributed by atoms with Gasteiger partial charge in [-0.3, -0.25) is 9.78 Å². The largest absolute Gasteiger partial charge is 0.497 e. The molecule has 0 N–H and O–H groups in total. The van der Waals surface area contributed by atoms with Gasteiger partial charge in [-0.2, -0.15) is 0 Å². The van der Waals surface area contributed by atoms with Crippen LogP contribution in [0.2, 0.25) is 0 Å². The number of carbonyl (C=O) groups excluding carboxylic acids is 1. The number of benzene rings is 1. The standard InChI is InChI=1S/C17H20N2O2/c1-12-15(17(20)19-8-4-3-5-9-19)11-13-10-14(21-2)6-7-16(13)18-12/h6-7,10-11H,3-5,8-9H2,1-2H3. The molecule has 0 aliphatic carbocycles. The molecule has 0 unspecified atom stereocenters. The molecule has 21 heavy (non-hydrogen) atoms. The third kappa shape index (κ3) is 2.71. The molecule has 0 saturated carbocycles. The first-order chi connectivity index (χ1) is 10.2. The number of aryl methyl sites for hydroxylation is 1. The molecule has 1 aliphatic heterocycles. The third-order valence-electron chi connectivity index (χ3n) is 4.09. The van der Waals surface area contributed by atoms with Crippen LogP contribution in [0.1, 0.15) is 35.3 Å². The summed E-state index contributed by atoms with van der Waals surface area (Å²) in [6.45, 7) is 3.61. The number of aromatic nitrogens is 1. The van der Waals surface area contributed by atoms with Gasteiger partial charge in [0.2, 0.25) is 0 Å². The summed E-state index contributed by atoms with van der Waals surface area (Å²) in [6, 6.07) is 7.68. The number of hydrogen-bond acceptors (Lipinski definition) is 3. The number of methoxy groups -OCH3 is 1. The Kier molecular flexibility index (Phi) is 3.78. The highest BCUT2D eigenvalue weighted by atomic mass is 16.5. The molecule has 0 spiro atoms. The molecule has 4 heteroatoms. The van der Waals surface area contributed by atoms with Crippen LogP contribution in [-0.4, -0.2) is 36.0 Å². The van der Waals surface area contributed by atoms with E-state index in [0.29, 0.717) is 5.56 Å². The molecule has 4 nitrogen and oxygen atoms in total. The highest BCUT2D eigenvalue weighted by Crippen LogP contribution is 2.23. The Morgan fingerprint density at radius 3 is 2.67 bits per heavy atom. The van der Waals surface area contributed by atoms with Crippen LogP contribution in [0.15, 0.2) is 24.3 Å². The molecule has 1 amide bonds. The summed E-state index contributed by atoms with van der Waals surface area (Å²) in [5.41, 5.74) is 2.39. The van der Waals surface area contributed by atoms with Crippen molar-refractivity contribution < 1.29 is 9.53 Å². The lowest BCUT2D eigenvalue weighted by atomic mass is 10.1. The summed E-state index contributed by atoms with van der Waals surface area (Å²) in [5.74, 6) is 0.883. The van der Waals surface area contributed by atoms with Crippen molar-refractivity contribution in [1.29, 1.82) is 0 Å². The minimum atomic E-state index is 0.101. The number of amides is 1. The molecular formula is C17H20N2O2. The van der Waals surface area contributed by atoms with Crippen LogP contribution in [0.3, 0.4) is 0 Å². The summed E-state index contributed by atoms with van der Waals surface area (Å²) in [7, 11) is 1.64. The van der Waals surface area contributed by atoms with Crippen LogP contribution in [-0.2, 0) is 0 Å². The van der Waals surface area contributed by atoms with E-state index in [9.17, 15) is 4.79 Å². The van der Waals surface area contributed by atoms with E-state index in [1.165, 1.54) is 6.42 Å². The van der Waals surface area contributed by atoms with E-state index < -0.39 is 0 Å². The third-order valence-corrected chi connectivity index (χ3v) is 4.09. The van der Waals surface area contributed by atoms with Crippen LogP contribution < -0.4 is 4.74 Å². The average Bonchev–Trinajstić information content (AvgIpc) is 2.54. The number of hydrogen-bond donors (Lipinski definition) is 0. The van der Waals surface area contributed by atoms with Gasteiger partial charge in [-0.05, 0) is 50.5 Å². The van der Waals surface area contributed by atoms with E-state index in [0.717, 1.165) is 48.3 Å². The second-order valence-electron chi connectivity index (χ2n) is 5.53. The van der Waals surface area contributed by atoms with E-state index in [4.69, 9.17) is 4.74 Å². The lowest BCUT2D eigenvalue weighted by Gasteiger charge is -2.27. The Hall–Kier alpha value is -2.10. The fourth-order valence-corrected chi connectivity index (χ4v) is 2.86. The maximum atomic E-state index is 12.7. The van der Waals surface area contributed by atoms with Crippen LogP contribution in [0, 0.1) is 6.92 Å². The quantitative estimate of drug-likeness (QED) is 0.850. The Morgan fingerprint density at radius 2 is 1.95 bits per heavy atom. The number of piperidine rings is 1. The first-order valence-corrected chi connectivity index (χ1v) is 7.44. The molecule has 1 aromatic heterocycles. The SMILES string of the molecule is COc1ccc2nc(C)c(C(=O)N3CCCCC3)cc2c1. The van der Waals surface area contributed by atoms with Crippen molar-refractivity contribution in [3.05, 3.63) is 35.5 Å². The number of fused-ring (bicyclic) bond motifs is 1. The zero-order chi connectivity index (χ0) is 14.8.